The lowest BCUT2D eigenvalue weighted by Crippen LogP contribution is -2.13. The van der Waals surface area contributed by atoms with Crippen LogP contribution in [0.15, 0.2) is 41.2 Å². The lowest BCUT2D eigenvalue weighted by atomic mass is 10.2. The van der Waals surface area contributed by atoms with E-state index in [9.17, 15) is 14.0 Å². The lowest BCUT2D eigenvalue weighted by molar-refractivity contribution is 0.102. The van der Waals surface area contributed by atoms with Crippen LogP contribution in [0.2, 0.25) is 5.02 Å². The van der Waals surface area contributed by atoms with Gasteiger partial charge in [0.2, 0.25) is 0 Å². The second-order valence-electron chi connectivity index (χ2n) is 4.42. The zero-order valence-corrected chi connectivity index (χ0v) is 11.3. The number of hydrogen-bond acceptors (Lipinski definition) is 2. The summed E-state index contributed by atoms with van der Waals surface area (Å²) in [7, 11) is 0. The van der Waals surface area contributed by atoms with Crippen molar-refractivity contribution in [2.45, 2.75) is 0 Å². The van der Waals surface area contributed by atoms with Gasteiger partial charge in [0.1, 0.15) is 5.82 Å². The molecule has 0 unspecified atom stereocenters. The second-order valence-corrected chi connectivity index (χ2v) is 4.85. The molecule has 0 atom stereocenters. The summed E-state index contributed by atoms with van der Waals surface area (Å²) in [6.45, 7) is 0. The van der Waals surface area contributed by atoms with Gasteiger partial charge in [0.05, 0.1) is 16.6 Å². The van der Waals surface area contributed by atoms with Crippen molar-refractivity contribution in [2.75, 3.05) is 5.32 Å². The van der Waals surface area contributed by atoms with E-state index in [1.54, 1.807) is 18.2 Å². The maximum Gasteiger partial charge on any atom is 0.323 e. The lowest BCUT2D eigenvalue weighted by Gasteiger charge is -2.06. The third-order valence-corrected chi connectivity index (χ3v) is 3.18. The molecule has 0 radical (unpaired) electrons. The Kier molecular flexibility index (Phi) is 3.23. The average molecular weight is 306 g/mol. The van der Waals surface area contributed by atoms with Crippen LogP contribution in [-0.4, -0.2) is 15.9 Å². The molecule has 106 valence electrons. The van der Waals surface area contributed by atoms with Crippen LogP contribution in [0.4, 0.5) is 10.1 Å². The third kappa shape index (κ3) is 2.66. The number of amides is 1. The number of carbonyl (C=O) groups is 1. The van der Waals surface area contributed by atoms with Gasteiger partial charge < -0.3 is 15.3 Å². The molecule has 0 saturated heterocycles. The largest absolute Gasteiger partial charge is 0.323 e. The highest BCUT2D eigenvalue weighted by molar-refractivity contribution is 6.30. The minimum Gasteiger partial charge on any atom is -0.322 e. The predicted molar refractivity (Wildman–Crippen MR) is 78.3 cm³/mol. The number of carbonyl (C=O) groups excluding carboxylic acids is 1. The quantitative estimate of drug-likeness (QED) is 0.681. The van der Waals surface area contributed by atoms with Crippen molar-refractivity contribution in [3.8, 4) is 0 Å². The number of hydrogen-bond donors (Lipinski definition) is 3. The molecular formula is C14H9ClFN3O2. The highest BCUT2D eigenvalue weighted by atomic mass is 35.5. The molecule has 1 aromatic heterocycles. The highest BCUT2D eigenvalue weighted by Gasteiger charge is 2.12. The number of halogens is 2. The molecule has 3 rings (SSSR count). The molecule has 0 bridgehead atoms. The Bertz CT molecular complexity index is 901. The van der Waals surface area contributed by atoms with Gasteiger partial charge in [0.15, 0.2) is 0 Å². The van der Waals surface area contributed by atoms with E-state index in [0.717, 1.165) is 6.07 Å². The molecule has 1 heterocycles. The first-order valence-corrected chi connectivity index (χ1v) is 6.39. The molecule has 7 heteroatoms. The van der Waals surface area contributed by atoms with Crippen LogP contribution in [-0.2, 0) is 0 Å². The van der Waals surface area contributed by atoms with Gasteiger partial charge in [-0.1, -0.05) is 11.6 Å². The van der Waals surface area contributed by atoms with Crippen molar-refractivity contribution >= 4 is 34.2 Å². The summed E-state index contributed by atoms with van der Waals surface area (Å²) in [5, 5.41) is 2.78. The van der Waals surface area contributed by atoms with E-state index in [0.29, 0.717) is 16.7 Å². The minimum atomic E-state index is -0.698. The van der Waals surface area contributed by atoms with Gasteiger partial charge in [0, 0.05) is 10.7 Å². The van der Waals surface area contributed by atoms with Crippen LogP contribution in [0.1, 0.15) is 10.4 Å². The Hall–Kier alpha value is -2.60. The van der Waals surface area contributed by atoms with E-state index in [-0.39, 0.29) is 16.3 Å². The molecular weight excluding hydrogens is 297 g/mol. The molecule has 3 N–H and O–H groups in total. The Labute approximate surface area is 122 Å². The molecule has 1 amide bonds. The summed E-state index contributed by atoms with van der Waals surface area (Å²) < 4.78 is 13.7. The standard InChI is InChI=1S/C14H9ClFN3O2/c15-7-1-3-9(10(16)5-7)13(20)17-8-2-4-11-12(6-8)19-14(21)18-11/h1-6H,(H,17,20)(H2,18,19,21). The normalized spacial score (nSPS) is 10.8. The molecule has 21 heavy (non-hydrogen) atoms. The summed E-state index contributed by atoms with van der Waals surface area (Å²) in [4.78, 5) is 28.3. The van der Waals surface area contributed by atoms with Crippen LogP contribution < -0.4 is 11.0 Å². The SMILES string of the molecule is O=C(Nc1ccc2[nH]c(=O)[nH]c2c1)c1ccc(Cl)cc1F. The van der Waals surface area contributed by atoms with Gasteiger partial charge in [-0.2, -0.15) is 0 Å². The van der Waals surface area contributed by atoms with E-state index in [2.05, 4.69) is 15.3 Å². The van der Waals surface area contributed by atoms with Gasteiger partial charge in [-0.3, -0.25) is 4.79 Å². The molecule has 0 saturated carbocycles. The molecule has 2 aromatic carbocycles. The van der Waals surface area contributed by atoms with Crippen molar-refractivity contribution in [1.29, 1.82) is 0 Å². The first-order valence-electron chi connectivity index (χ1n) is 6.01. The zero-order valence-electron chi connectivity index (χ0n) is 10.5. The molecule has 0 fully saturated rings. The van der Waals surface area contributed by atoms with E-state index in [1.807, 2.05) is 0 Å². The molecule has 0 aliphatic rings. The van der Waals surface area contributed by atoms with Crippen molar-refractivity contribution < 1.29 is 9.18 Å². The highest BCUT2D eigenvalue weighted by Crippen LogP contribution is 2.18. The number of benzene rings is 2. The van der Waals surface area contributed by atoms with E-state index in [4.69, 9.17) is 11.6 Å². The van der Waals surface area contributed by atoms with Crippen LogP contribution in [0.25, 0.3) is 11.0 Å². The van der Waals surface area contributed by atoms with E-state index < -0.39 is 11.7 Å². The summed E-state index contributed by atoms with van der Waals surface area (Å²) in [6, 6.07) is 8.65. The van der Waals surface area contributed by atoms with Gasteiger partial charge >= 0.3 is 5.69 Å². The fraction of sp³-hybridized carbons (Fsp3) is 0. The Morgan fingerprint density at radius 1 is 1.10 bits per heavy atom. The third-order valence-electron chi connectivity index (χ3n) is 2.95. The van der Waals surface area contributed by atoms with Gasteiger partial charge in [-0.25, -0.2) is 9.18 Å². The van der Waals surface area contributed by atoms with Crippen molar-refractivity contribution in [1.82, 2.24) is 9.97 Å². The second kappa shape index (κ2) is 5.06. The number of nitrogens with one attached hydrogen (secondary N) is 3. The van der Waals surface area contributed by atoms with Crippen molar-refractivity contribution in [3.05, 3.63) is 63.3 Å². The van der Waals surface area contributed by atoms with Crippen LogP contribution in [0.3, 0.4) is 0 Å². The number of fused-ring (bicyclic) bond motifs is 1. The van der Waals surface area contributed by atoms with Crippen molar-refractivity contribution in [3.63, 3.8) is 0 Å². The fourth-order valence-electron chi connectivity index (χ4n) is 1.98. The summed E-state index contributed by atoms with van der Waals surface area (Å²) in [5.74, 6) is -1.29. The monoisotopic (exact) mass is 305 g/mol. The van der Waals surface area contributed by atoms with Crippen LogP contribution >= 0.6 is 11.6 Å². The molecule has 0 aliphatic heterocycles. The number of imidazole rings is 1. The Morgan fingerprint density at radius 2 is 1.86 bits per heavy atom. The number of aromatic nitrogens is 2. The Morgan fingerprint density at radius 3 is 2.62 bits per heavy atom. The topological polar surface area (TPSA) is 77.8 Å². The zero-order chi connectivity index (χ0) is 15.0. The number of aromatic amines is 2. The summed E-state index contributed by atoms with van der Waals surface area (Å²) >= 11 is 5.64. The first-order chi connectivity index (χ1) is 10.0. The number of anilines is 1. The van der Waals surface area contributed by atoms with Gasteiger partial charge in [0.25, 0.3) is 5.91 Å². The van der Waals surface area contributed by atoms with Gasteiger partial charge in [-0.15, -0.1) is 0 Å². The molecule has 3 aromatic rings. The first kappa shape index (κ1) is 13.4. The number of H-pyrrole nitrogens is 2. The maximum atomic E-state index is 13.7. The van der Waals surface area contributed by atoms with E-state index in [1.165, 1.54) is 12.1 Å². The van der Waals surface area contributed by atoms with Crippen LogP contribution in [0.5, 0.6) is 0 Å². The summed E-state index contributed by atoms with van der Waals surface area (Å²) in [5.41, 5.74) is 1.17. The van der Waals surface area contributed by atoms with E-state index >= 15 is 0 Å². The number of rotatable bonds is 2. The smallest absolute Gasteiger partial charge is 0.322 e. The molecule has 0 aliphatic carbocycles. The van der Waals surface area contributed by atoms with Crippen molar-refractivity contribution in [2.24, 2.45) is 0 Å². The Balaban J connectivity index is 1.90. The minimum absolute atomic E-state index is 0.109. The molecule has 0 spiro atoms. The average Bonchev–Trinajstić information content (AvgIpc) is 2.77. The summed E-state index contributed by atoms with van der Waals surface area (Å²) in [6.07, 6.45) is 0. The van der Waals surface area contributed by atoms with Gasteiger partial charge in [-0.05, 0) is 36.4 Å². The van der Waals surface area contributed by atoms with Crippen LogP contribution in [0, 0.1) is 5.82 Å². The predicted octanol–water partition coefficient (Wildman–Crippen LogP) is 2.90. The maximum absolute atomic E-state index is 13.7. The molecule has 5 nitrogen and oxygen atoms in total. The fourth-order valence-corrected chi connectivity index (χ4v) is 2.14.